The zero-order valence-electron chi connectivity index (χ0n) is 17.9. The van der Waals surface area contributed by atoms with Crippen molar-refractivity contribution in [3.05, 3.63) is 107 Å². The summed E-state index contributed by atoms with van der Waals surface area (Å²) in [5.41, 5.74) is 5.58. The van der Waals surface area contributed by atoms with Gasteiger partial charge in [-0.1, -0.05) is 18.2 Å². The van der Waals surface area contributed by atoms with E-state index in [1.807, 2.05) is 67.1 Å². The van der Waals surface area contributed by atoms with Crippen molar-refractivity contribution in [1.82, 2.24) is 9.78 Å². The van der Waals surface area contributed by atoms with Gasteiger partial charge in [-0.25, -0.2) is 4.68 Å². The predicted octanol–water partition coefficient (Wildman–Crippen LogP) is 5.19. The van der Waals surface area contributed by atoms with Crippen LogP contribution in [-0.4, -0.2) is 15.7 Å². The quantitative estimate of drug-likeness (QED) is 0.464. The van der Waals surface area contributed by atoms with Crippen molar-refractivity contribution in [3.63, 3.8) is 0 Å². The van der Waals surface area contributed by atoms with E-state index in [9.17, 15) is 4.79 Å². The molecule has 6 nitrogen and oxygen atoms in total. The van der Waals surface area contributed by atoms with Crippen LogP contribution in [0.2, 0.25) is 0 Å². The number of nitrogens with zero attached hydrogens (tertiary/aromatic N) is 3. The molecular formula is C26H22N4O2. The van der Waals surface area contributed by atoms with Gasteiger partial charge >= 0.3 is 0 Å². The van der Waals surface area contributed by atoms with Gasteiger partial charge in [-0.3, -0.25) is 4.79 Å². The molecule has 6 heteroatoms. The first-order chi connectivity index (χ1) is 15.5. The Morgan fingerprint density at radius 3 is 2.53 bits per heavy atom. The second kappa shape index (κ2) is 9.19. The number of nitrogens with one attached hydrogen (secondary N) is 1. The normalized spacial score (nSPS) is 10.4. The van der Waals surface area contributed by atoms with Crippen LogP contribution in [0.25, 0.3) is 5.69 Å². The first kappa shape index (κ1) is 20.9. The highest BCUT2D eigenvalue weighted by Gasteiger charge is 2.09. The van der Waals surface area contributed by atoms with Gasteiger partial charge in [-0.05, 0) is 74.0 Å². The summed E-state index contributed by atoms with van der Waals surface area (Å²) in [5.74, 6) is 0.425. The highest BCUT2D eigenvalue weighted by molar-refractivity contribution is 6.04. The van der Waals surface area contributed by atoms with E-state index < -0.39 is 0 Å². The number of rotatable bonds is 6. The molecular weight excluding hydrogens is 400 g/mol. The van der Waals surface area contributed by atoms with Crippen molar-refractivity contribution in [2.45, 2.75) is 20.5 Å². The number of aromatic nitrogens is 2. The molecule has 0 aliphatic rings. The largest absolute Gasteiger partial charge is 0.489 e. The van der Waals surface area contributed by atoms with Crippen LogP contribution in [0, 0.1) is 25.2 Å². The molecule has 0 unspecified atom stereocenters. The standard InChI is InChI=1S/C26H22N4O2/c1-18-13-19(2)30(29-18)24-11-9-22(10-12-24)26(31)28-23-7-4-8-25(15-23)32-17-21-6-3-5-20(14-21)16-27/h3-15H,17H2,1-2H3,(H,28,31). The summed E-state index contributed by atoms with van der Waals surface area (Å²) in [6.07, 6.45) is 0. The maximum Gasteiger partial charge on any atom is 0.255 e. The SMILES string of the molecule is Cc1cc(C)n(-c2ccc(C(=O)Nc3cccc(OCc4cccc(C#N)c4)c3)cc2)n1. The molecule has 0 atom stereocenters. The molecule has 4 rings (SSSR count). The van der Waals surface area contributed by atoms with Crippen LogP contribution >= 0.6 is 0 Å². The summed E-state index contributed by atoms with van der Waals surface area (Å²) < 4.78 is 7.68. The third-order valence-corrected chi connectivity index (χ3v) is 4.94. The Hall–Kier alpha value is -4.37. The van der Waals surface area contributed by atoms with E-state index in [1.54, 1.807) is 30.3 Å². The molecule has 32 heavy (non-hydrogen) atoms. The smallest absolute Gasteiger partial charge is 0.255 e. The fraction of sp³-hybridized carbons (Fsp3) is 0.115. The first-order valence-electron chi connectivity index (χ1n) is 10.2. The molecule has 0 fully saturated rings. The van der Waals surface area contributed by atoms with Crippen LogP contribution < -0.4 is 10.1 Å². The van der Waals surface area contributed by atoms with Gasteiger partial charge in [0.1, 0.15) is 12.4 Å². The number of hydrogen-bond donors (Lipinski definition) is 1. The Morgan fingerprint density at radius 1 is 1.03 bits per heavy atom. The van der Waals surface area contributed by atoms with Gasteiger partial charge in [-0.15, -0.1) is 0 Å². The Labute approximate surface area is 186 Å². The monoisotopic (exact) mass is 422 g/mol. The molecule has 0 aliphatic carbocycles. The molecule has 0 radical (unpaired) electrons. The lowest BCUT2D eigenvalue weighted by Gasteiger charge is -2.10. The highest BCUT2D eigenvalue weighted by Crippen LogP contribution is 2.20. The molecule has 0 saturated carbocycles. The van der Waals surface area contributed by atoms with Gasteiger partial charge in [0.05, 0.1) is 23.0 Å². The highest BCUT2D eigenvalue weighted by atomic mass is 16.5. The van der Waals surface area contributed by atoms with Gasteiger partial charge in [0.25, 0.3) is 5.91 Å². The molecule has 1 aromatic heterocycles. The lowest BCUT2D eigenvalue weighted by molar-refractivity contribution is 0.102. The fourth-order valence-corrected chi connectivity index (χ4v) is 3.41. The molecule has 3 aromatic carbocycles. The van der Waals surface area contributed by atoms with E-state index in [4.69, 9.17) is 10.00 Å². The lowest BCUT2D eigenvalue weighted by atomic mass is 10.1. The summed E-state index contributed by atoms with van der Waals surface area (Å²) in [4.78, 5) is 12.7. The van der Waals surface area contributed by atoms with Crippen molar-refractivity contribution in [1.29, 1.82) is 5.26 Å². The maximum absolute atomic E-state index is 12.7. The zero-order chi connectivity index (χ0) is 22.5. The predicted molar refractivity (Wildman–Crippen MR) is 123 cm³/mol. The molecule has 4 aromatic rings. The summed E-state index contributed by atoms with van der Waals surface area (Å²) in [7, 11) is 0. The summed E-state index contributed by atoms with van der Waals surface area (Å²) in [6.45, 7) is 4.28. The third kappa shape index (κ3) is 4.85. The van der Waals surface area contributed by atoms with Crippen molar-refractivity contribution in [2.75, 3.05) is 5.32 Å². The van der Waals surface area contributed by atoms with Crippen molar-refractivity contribution < 1.29 is 9.53 Å². The van der Waals surface area contributed by atoms with Crippen molar-refractivity contribution >= 4 is 11.6 Å². The van der Waals surface area contributed by atoms with E-state index in [0.29, 0.717) is 29.2 Å². The Bertz CT molecular complexity index is 1300. The number of ether oxygens (including phenoxy) is 1. The minimum atomic E-state index is -0.205. The summed E-state index contributed by atoms with van der Waals surface area (Å²) in [5, 5.41) is 16.4. The van der Waals surface area contributed by atoms with Gasteiger partial charge in [0.2, 0.25) is 0 Å². The third-order valence-electron chi connectivity index (χ3n) is 4.94. The number of carbonyl (C=O) groups is 1. The maximum atomic E-state index is 12.7. The van der Waals surface area contributed by atoms with E-state index >= 15 is 0 Å². The number of nitriles is 1. The van der Waals surface area contributed by atoms with E-state index in [1.165, 1.54) is 0 Å². The Morgan fingerprint density at radius 2 is 1.81 bits per heavy atom. The van der Waals surface area contributed by atoms with Crippen LogP contribution in [0.5, 0.6) is 5.75 Å². The van der Waals surface area contributed by atoms with Crippen LogP contribution in [0.4, 0.5) is 5.69 Å². The number of anilines is 1. The van der Waals surface area contributed by atoms with Gasteiger partial charge in [0.15, 0.2) is 0 Å². The topological polar surface area (TPSA) is 79.9 Å². The second-order valence-electron chi connectivity index (χ2n) is 7.47. The lowest BCUT2D eigenvalue weighted by Crippen LogP contribution is -2.12. The zero-order valence-corrected chi connectivity index (χ0v) is 17.9. The molecule has 0 saturated heterocycles. The molecule has 1 heterocycles. The molecule has 0 spiro atoms. The number of benzene rings is 3. The second-order valence-corrected chi connectivity index (χ2v) is 7.47. The molecule has 0 bridgehead atoms. The van der Waals surface area contributed by atoms with Crippen LogP contribution in [0.3, 0.4) is 0 Å². The molecule has 0 aliphatic heterocycles. The average molecular weight is 422 g/mol. The van der Waals surface area contributed by atoms with Gasteiger partial charge < -0.3 is 10.1 Å². The van der Waals surface area contributed by atoms with Gasteiger partial charge in [0, 0.05) is 23.0 Å². The van der Waals surface area contributed by atoms with Crippen LogP contribution in [-0.2, 0) is 6.61 Å². The summed E-state index contributed by atoms with van der Waals surface area (Å²) in [6, 6.07) is 26.0. The minimum Gasteiger partial charge on any atom is -0.489 e. The molecule has 1 N–H and O–H groups in total. The van der Waals surface area contributed by atoms with Gasteiger partial charge in [-0.2, -0.15) is 10.4 Å². The Kier molecular flexibility index (Phi) is 6.00. The average Bonchev–Trinajstić information content (AvgIpc) is 3.16. The first-order valence-corrected chi connectivity index (χ1v) is 10.2. The van der Waals surface area contributed by atoms with E-state index in [2.05, 4.69) is 16.5 Å². The number of aryl methyl sites for hydroxylation is 2. The Balaban J connectivity index is 1.41. The van der Waals surface area contributed by atoms with Crippen LogP contribution in [0.1, 0.15) is 32.9 Å². The van der Waals surface area contributed by atoms with Crippen LogP contribution in [0.15, 0.2) is 78.9 Å². The van der Waals surface area contributed by atoms with Crippen molar-refractivity contribution in [2.24, 2.45) is 0 Å². The number of hydrogen-bond acceptors (Lipinski definition) is 4. The fourth-order valence-electron chi connectivity index (χ4n) is 3.41. The van der Waals surface area contributed by atoms with Crippen molar-refractivity contribution in [3.8, 4) is 17.5 Å². The number of carbonyl (C=O) groups excluding carboxylic acids is 1. The molecule has 1 amide bonds. The van der Waals surface area contributed by atoms with E-state index in [0.717, 1.165) is 22.6 Å². The van der Waals surface area contributed by atoms with E-state index in [-0.39, 0.29) is 5.91 Å². The summed E-state index contributed by atoms with van der Waals surface area (Å²) >= 11 is 0. The minimum absolute atomic E-state index is 0.205. The number of amides is 1. The molecule has 158 valence electrons.